The highest BCUT2D eigenvalue weighted by atomic mass is 35.5. The van der Waals surface area contributed by atoms with Crippen LogP contribution in [0.2, 0.25) is 0 Å². The molecule has 15 heavy (non-hydrogen) atoms. The molecule has 0 aromatic heterocycles. The standard InChI is InChI=1S/C11H14N2O.ClH/c1-7-2-4-8(5-3-7)9-6-10(9)11(14)13-12;/h2-5,9-10H,6,12H2,1H3,(H,13,14);1H. The zero-order chi connectivity index (χ0) is 10.1. The molecule has 1 aliphatic rings. The fourth-order valence-corrected chi connectivity index (χ4v) is 1.77. The normalized spacial score (nSPS) is 22.8. The van der Waals surface area contributed by atoms with Crippen LogP contribution in [-0.2, 0) is 4.79 Å². The largest absolute Gasteiger partial charge is 0.294 e. The first kappa shape index (κ1) is 12.0. The third-order valence-corrected chi connectivity index (χ3v) is 2.77. The number of hydrazine groups is 1. The summed E-state index contributed by atoms with van der Waals surface area (Å²) in [5, 5.41) is 0. The molecule has 0 heterocycles. The average Bonchev–Trinajstić information content (AvgIpc) is 2.98. The van der Waals surface area contributed by atoms with Crippen molar-refractivity contribution in [2.75, 3.05) is 0 Å². The second-order valence-corrected chi connectivity index (χ2v) is 3.87. The van der Waals surface area contributed by atoms with Crippen LogP contribution in [0.25, 0.3) is 0 Å². The summed E-state index contributed by atoms with van der Waals surface area (Å²) in [6, 6.07) is 8.32. The third-order valence-electron chi connectivity index (χ3n) is 2.77. The maximum atomic E-state index is 11.2. The van der Waals surface area contributed by atoms with Gasteiger partial charge in [-0.05, 0) is 24.8 Å². The molecule has 3 N–H and O–H groups in total. The number of carbonyl (C=O) groups is 1. The van der Waals surface area contributed by atoms with Crippen molar-refractivity contribution in [1.82, 2.24) is 5.43 Å². The lowest BCUT2D eigenvalue weighted by Crippen LogP contribution is -2.31. The van der Waals surface area contributed by atoms with Crippen LogP contribution >= 0.6 is 12.4 Å². The Morgan fingerprint density at radius 2 is 2.00 bits per heavy atom. The second kappa shape index (κ2) is 4.64. The Kier molecular flexibility index (Phi) is 3.72. The van der Waals surface area contributed by atoms with Gasteiger partial charge in [-0.2, -0.15) is 0 Å². The molecule has 1 saturated carbocycles. The predicted octanol–water partition coefficient (Wildman–Crippen LogP) is 1.51. The van der Waals surface area contributed by atoms with Gasteiger partial charge in [0.1, 0.15) is 0 Å². The van der Waals surface area contributed by atoms with E-state index in [-0.39, 0.29) is 24.2 Å². The fraction of sp³-hybridized carbons (Fsp3) is 0.364. The van der Waals surface area contributed by atoms with E-state index in [4.69, 9.17) is 5.84 Å². The Hall–Kier alpha value is -1.06. The van der Waals surface area contributed by atoms with E-state index in [1.807, 2.05) is 0 Å². The van der Waals surface area contributed by atoms with Crippen LogP contribution in [0.1, 0.15) is 23.5 Å². The first-order valence-corrected chi connectivity index (χ1v) is 4.79. The number of halogens is 1. The topological polar surface area (TPSA) is 55.1 Å². The monoisotopic (exact) mass is 226 g/mol. The molecule has 1 aromatic carbocycles. The van der Waals surface area contributed by atoms with Gasteiger partial charge < -0.3 is 0 Å². The maximum absolute atomic E-state index is 11.2. The van der Waals surface area contributed by atoms with E-state index in [0.717, 1.165) is 6.42 Å². The van der Waals surface area contributed by atoms with E-state index in [1.165, 1.54) is 11.1 Å². The van der Waals surface area contributed by atoms with Crippen LogP contribution < -0.4 is 11.3 Å². The van der Waals surface area contributed by atoms with Gasteiger partial charge in [-0.1, -0.05) is 29.8 Å². The Bertz CT molecular complexity index is 350. The number of nitrogens with two attached hydrogens (primary N) is 1. The van der Waals surface area contributed by atoms with Crippen molar-refractivity contribution in [3.63, 3.8) is 0 Å². The van der Waals surface area contributed by atoms with Gasteiger partial charge in [-0.25, -0.2) is 5.84 Å². The highest BCUT2D eigenvalue weighted by Crippen LogP contribution is 2.47. The number of carbonyl (C=O) groups excluding carboxylic acids is 1. The smallest absolute Gasteiger partial charge is 0.237 e. The lowest BCUT2D eigenvalue weighted by atomic mass is 10.1. The van der Waals surface area contributed by atoms with Crippen LogP contribution in [0.3, 0.4) is 0 Å². The van der Waals surface area contributed by atoms with E-state index >= 15 is 0 Å². The Morgan fingerprint density at radius 1 is 1.40 bits per heavy atom. The highest BCUT2D eigenvalue weighted by Gasteiger charge is 2.43. The first-order valence-electron chi connectivity index (χ1n) is 4.79. The van der Waals surface area contributed by atoms with Crippen LogP contribution in [0.4, 0.5) is 0 Å². The quantitative estimate of drug-likeness (QED) is 0.456. The molecular formula is C11H15ClN2O. The van der Waals surface area contributed by atoms with Gasteiger partial charge in [-0.3, -0.25) is 10.2 Å². The van der Waals surface area contributed by atoms with Gasteiger partial charge in [0.15, 0.2) is 0 Å². The number of nitrogens with one attached hydrogen (secondary N) is 1. The van der Waals surface area contributed by atoms with Crippen molar-refractivity contribution in [1.29, 1.82) is 0 Å². The van der Waals surface area contributed by atoms with Gasteiger partial charge in [-0.15, -0.1) is 12.4 Å². The lowest BCUT2D eigenvalue weighted by Gasteiger charge is -2.00. The summed E-state index contributed by atoms with van der Waals surface area (Å²) in [7, 11) is 0. The van der Waals surface area contributed by atoms with Crippen LogP contribution in [0.15, 0.2) is 24.3 Å². The Balaban J connectivity index is 0.00000112. The summed E-state index contributed by atoms with van der Waals surface area (Å²) >= 11 is 0. The summed E-state index contributed by atoms with van der Waals surface area (Å²) in [6.07, 6.45) is 0.923. The third kappa shape index (κ3) is 2.49. The van der Waals surface area contributed by atoms with E-state index in [2.05, 4.69) is 36.6 Å². The number of hydrogen-bond acceptors (Lipinski definition) is 2. The van der Waals surface area contributed by atoms with Gasteiger partial charge in [0.25, 0.3) is 0 Å². The first-order chi connectivity index (χ1) is 6.72. The van der Waals surface area contributed by atoms with E-state index in [1.54, 1.807) is 0 Å². The average molecular weight is 227 g/mol. The summed E-state index contributed by atoms with van der Waals surface area (Å²) in [5.41, 5.74) is 4.68. The van der Waals surface area contributed by atoms with Gasteiger partial charge in [0.2, 0.25) is 5.91 Å². The van der Waals surface area contributed by atoms with Crippen LogP contribution in [0, 0.1) is 12.8 Å². The molecule has 0 bridgehead atoms. The maximum Gasteiger partial charge on any atom is 0.237 e. The molecule has 2 atom stereocenters. The van der Waals surface area contributed by atoms with Crippen molar-refractivity contribution < 1.29 is 4.79 Å². The fourth-order valence-electron chi connectivity index (χ4n) is 1.77. The predicted molar refractivity (Wildman–Crippen MR) is 61.6 cm³/mol. The number of rotatable bonds is 2. The Labute approximate surface area is 95.4 Å². The molecule has 1 aromatic rings. The summed E-state index contributed by atoms with van der Waals surface area (Å²) < 4.78 is 0. The summed E-state index contributed by atoms with van der Waals surface area (Å²) in [6.45, 7) is 2.06. The van der Waals surface area contributed by atoms with E-state index in [0.29, 0.717) is 5.92 Å². The van der Waals surface area contributed by atoms with Crippen molar-refractivity contribution in [3.05, 3.63) is 35.4 Å². The Morgan fingerprint density at radius 3 is 2.53 bits per heavy atom. The molecule has 0 saturated heterocycles. The molecule has 0 aliphatic heterocycles. The molecule has 2 rings (SSSR count). The molecule has 1 fully saturated rings. The SMILES string of the molecule is Cc1ccc(C2CC2C(=O)NN)cc1.Cl. The zero-order valence-electron chi connectivity index (χ0n) is 8.57. The molecule has 4 heteroatoms. The van der Waals surface area contributed by atoms with Crippen molar-refractivity contribution in [3.8, 4) is 0 Å². The highest BCUT2D eigenvalue weighted by molar-refractivity contribution is 5.85. The van der Waals surface area contributed by atoms with E-state index < -0.39 is 0 Å². The molecule has 3 nitrogen and oxygen atoms in total. The number of amides is 1. The lowest BCUT2D eigenvalue weighted by molar-refractivity contribution is -0.122. The van der Waals surface area contributed by atoms with Crippen LogP contribution in [-0.4, -0.2) is 5.91 Å². The second-order valence-electron chi connectivity index (χ2n) is 3.87. The van der Waals surface area contributed by atoms with E-state index in [9.17, 15) is 4.79 Å². The van der Waals surface area contributed by atoms with Crippen molar-refractivity contribution in [2.24, 2.45) is 11.8 Å². The van der Waals surface area contributed by atoms with Crippen LogP contribution in [0.5, 0.6) is 0 Å². The number of aryl methyl sites for hydroxylation is 1. The molecular weight excluding hydrogens is 212 g/mol. The molecule has 2 unspecified atom stereocenters. The minimum atomic E-state index is -0.0458. The minimum absolute atomic E-state index is 0. The summed E-state index contributed by atoms with van der Waals surface area (Å²) in [5.74, 6) is 5.49. The summed E-state index contributed by atoms with van der Waals surface area (Å²) in [4.78, 5) is 11.2. The molecule has 0 spiro atoms. The van der Waals surface area contributed by atoms with Gasteiger partial charge >= 0.3 is 0 Å². The van der Waals surface area contributed by atoms with Gasteiger partial charge in [0, 0.05) is 5.92 Å². The minimum Gasteiger partial charge on any atom is -0.294 e. The van der Waals surface area contributed by atoms with Gasteiger partial charge in [0.05, 0.1) is 0 Å². The van der Waals surface area contributed by atoms with Crippen molar-refractivity contribution >= 4 is 18.3 Å². The zero-order valence-corrected chi connectivity index (χ0v) is 9.38. The molecule has 1 amide bonds. The molecule has 0 radical (unpaired) electrons. The number of benzene rings is 1. The van der Waals surface area contributed by atoms with Crippen molar-refractivity contribution in [2.45, 2.75) is 19.3 Å². The number of hydrogen-bond donors (Lipinski definition) is 2. The molecule has 82 valence electrons. The molecule has 1 aliphatic carbocycles.